The van der Waals surface area contributed by atoms with Gasteiger partial charge in [-0.3, -0.25) is 9.59 Å². The number of nitrogens with zero attached hydrogens (tertiary/aromatic N) is 1. The number of alkyl halides is 3. The second-order valence-corrected chi connectivity index (χ2v) is 11.9. The Morgan fingerprint density at radius 1 is 1.07 bits per heavy atom. The van der Waals surface area contributed by atoms with Crippen molar-refractivity contribution in [2.45, 2.75) is 52.7 Å². The summed E-state index contributed by atoms with van der Waals surface area (Å²) in [5.74, 6) is -0.273. The standard InChI is InChI=1S/C30H27ClF3N3O6/c1-13-5-10-20(43-13)26(29(2,3)4)36-23-22(24(38)25(23)39)35-18-9-8-17(31)16-12-37(27(40)21(16)18)19-11-14(30(32,33)34)6-7-15(19)28(41)42/h5-11,26-27,35-36,40H,12H2,1-4H3,(H,41,42)/t26-,27?/m0/s1. The third kappa shape index (κ3) is 5.36. The van der Waals surface area contributed by atoms with Crippen molar-refractivity contribution in [3.05, 3.63) is 102 Å². The highest BCUT2D eigenvalue weighted by molar-refractivity contribution is 6.31. The average Bonchev–Trinajstić information content (AvgIpc) is 3.50. The Hall–Kier alpha value is -4.29. The SMILES string of the molecule is Cc1ccc([C@H](Nc2c(Nc3ccc(Cl)c4c3C(O)N(c3cc(C(F)(F)F)ccc3C(=O)O)C4)c(=O)c2=O)C(C)(C)C)o1. The monoisotopic (exact) mass is 617 g/mol. The largest absolute Gasteiger partial charge is 0.478 e. The first-order valence-corrected chi connectivity index (χ1v) is 13.5. The van der Waals surface area contributed by atoms with E-state index in [0.717, 1.165) is 11.0 Å². The molecule has 1 aliphatic rings. The molecular weight excluding hydrogens is 591 g/mol. The van der Waals surface area contributed by atoms with Gasteiger partial charge in [-0.2, -0.15) is 13.2 Å². The summed E-state index contributed by atoms with van der Waals surface area (Å²) in [5.41, 5.74) is -3.45. The molecule has 1 unspecified atom stereocenters. The molecule has 9 nitrogen and oxygen atoms in total. The second-order valence-electron chi connectivity index (χ2n) is 11.4. The summed E-state index contributed by atoms with van der Waals surface area (Å²) in [7, 11) is 0. The van der Waals surface area contributed by atoms with Gasteiger partial charge in [-0.15, -0.1) is 0 Å². The van der Waals surface area contributed by atoms with E-state index in [9.17, 15) is 37.8 Å². The average molecular weight is 618 g/mol. The van der Waals surface area contributed by atoms with Crippen LogP contribution in [0.1, 0.15) is 71.6 Å². The minimum absolute atomic E-state index is 0.00179. The summed E-state index contributed by atoms with van der Waals surface area (Å²) >= 11 is 6.40. The second kappa shape index (κ2) is 10.5. The maximum Gasteiger partial charge on any atom is 0.416 e. The van der Waals surface area contributed by atoms with Crippen LogP contribution in [-0.4, -0.2) is 16.2 Å². The summed E-state index contributed by atoms with van der Waals surface area (Å²) in [6.45, 7) is 7.33. The third-order valence-corrected chi connectivity index (χ3v) is 7.77. The number of furan rings is 1. The molecule has 13 heteroatoms. The molecule has 1 aromatic heterocycles. The maximum absolute atomic E-state index is 13.5. The molecule has 0 saturated carbocycles. The minimum atomic E-state index is -4.76. The van der Waals surface area contributed by atoms with E-state index < -0.39 is 51.8 Å². The summed E-state index contributed by atoms with van der Waals surface area (Å²) in [6, 6.07) is 8.09. The van der Waals surface area contributed by atoms with Crippen molar-refractivity contribution in [2.24, 2.45) is 5.41 Å². The number of anilines is 4. The van der Waals surface area contributed by atoms with Gasteiger partial charge < -0.3 is 30.2 Å². The Morgan fingerprint density at radius 3 is 2.33 bits per heavy atom. The molecule has 2 atom stereocenters. The van der Waals surface area contributed by atoms with Crippen LogP contribution in [0.15, 0.2) is 56.5 Å². The fourth-order valence-electron chi connectivity index (χ4n) is 5.21. The zero-order valence-electron chi connectivity index (χ0n) is 23.4. The quantitative estimate of drug-likeness (QED) is 0.171. The lowest BCUT2D eigenvalue weighted by molar-refractivity contribution is -0.137. The maximum atomic E-state index is 13.5. The van der Waals surface area contributed by atoms with Gasteiger partial charge in [-0.25, -0.2) is 4.79 Å². The molecule has 226 valence electrons. The Balaban J connectivity index is 1.53. The third-order valence-electron chi connectivity index (χ3n) is 7.42. The molecule has 0 amide bonds. The Morgan fingerprint density at radius 2 is 1.74 bits per heavy atom. The highest BCUT2D eigenvalue weighted by Crippen LogP contribution is 2.46. The molecule has 0 saturated heterocycles. The first kappa shape index (κ1) is 30.2. The summed E-state index contributed by atoms with van der Waals surface area (Å²) in [4.78, 5) is 38.4. The van der Waals surface area contributed by atoms with Crippen LogP contribution >= 0.6 is 11.6 Å². The number of halogens is 4. The van der Waals surface area contributed by atoms with Crippen molar-refractivity contribution in [3.8, 4) is 0 Å². The van der Waals surface area contributed by atoms with Crippen LogP contribution in [0.5, 0.6) is 0 Å². The van der Waals surface area contributed by atoms with Gasteiger partial charge in [0.1, 0.15) is 22.9 Å². The molecule has 2 heterocycles. The number of carboxylic acid groups (broad SMARTS) is 1. The minimum Gasteiger partial charge on any atom is -0.478 e. The smallest absolute Gasteiger partial charge is 0.416 e. The van der Waals surface area contributed by atoms with Gasteiger partial charge in [-0.1, -0.05) is 32.4 Å². The van der Waals surface area contributed by atoms with E-state index in [1.807, 2.05) is 20.8 Å². The number of fused-ring (bicyclic) bond motifs is 1. The van der Waals surface area contributed by atoms with Crippen molar-refractivity contribution < 1.29 is 32.6 Å². The number of aliphatic hydroxyl groups is 1. The van der Waals surface area contributed by atoms with Gasteiger partial charge >= 0.3 is 12.1 Å². The number of carbonyl (C=O) groups is 1. The Bertz CT molecular complexity index is 1820. The van der Waals surface area contributed by atoms with Gasteiger partial charge in [0.25, 0.3) is 10.9 Å². The van der Waals surface area contributed by atoms with Crippen molar-refractivity contribution in [1.82, 2.24) is 0 Å². The van der Waals surface area contributed by atoms with Crippen LogP contribution < -0.4 is 26.4 Å². The molecule has 43 heavy (non-hydrogen) atoms. The van der Waals surface area contributed by atoms with E-state index in [2.05, 4.69) is 10.6 Å². The first-order valence-electron chi connectivity index (χ1n) is 13.1. The van der Waals surface area contributed by atoms with Crippen LogP contribution in [0.2, 0.25) is 5.02 Å². The number of aryl methyl sites for hydroxylation is 1. The molecule has 4 aromatic rings. The zero-order chi connectivity index (χ0) is 31.6. The molecule has 1 aliphatic heterocycles. The lowest BCUT2D eigenvalue weighted by Crippen LogP contribution is -2.39. The van der Waals surface area contributed by atoms with Gasteiger partial charge in [0.2, 0.25) is 0 Å². The van der Waals surface area contributed by atoms with Crippen molar-refractivity contribution in [2.75, 3.05) is 15.5 Å². The van der Waals surface area contributed by atoms with E-state index in [4.69, 9.17) is 16.0 Å². The summed E-state index contributed by atoms with van der Waals surface area (Å²) in [6.07, 6.45) is -6.41. The number of benzene rings is 2. The van der Waals surface area contributed by atoms with Gasteiger partial charge in [0, 0.05) is 22.8 Å². The highest BCUT2D eigenvalue weighted by atomic mass is 35.5. The van der Waals surface area contributed by atoms with Gasteiger partial charge in [-0.05, 0) is 60.4 Å². The van der Waals surface area contributed by atoms with Crippen molar-refractivity contribution in [1.29, 1.82) is 0 Å². The summed E-state index contributed by atoms with van der Waals surface area (Å²) < 4.78 is 46.3. The molecule has 5 rings (SSSR count). The fraction of sp³-hybridized carbons (Fsp3) is 0.300. The number of rotatable bonds is 7. The highest BCUT2D eigenvalue weighted by Gasteiger charge is 2.39. The van der Waals surface area contributed by atoms with Crippen LogP contribution in [0.4, 0.5) is 35.9 Å². The molecule has 4 N–H and O–H groups in total. The van der Waals surface area contributed by atoms with E-state index in [-0.39, 0.29) is 39.9 Å². The lowest BCUT2D eigenvalue weighted by Gasteiger charge is -2.32. The number of hydrogen-bond acceptors (Lipinski definition) is 8. The van der Waals surface area contributed by atoms with E-state index in [1.54, 1.807) is 19.1 Å². The molecule has 0 aliphatic carbocycles. The van der Waals surface area contributed by atoms with E-state index in [0.29, 0.717) is 29.2 Å². The molecule has 0 fully saturated rings. The van der Waals surface area contributed by atoms with Crippen LogP contribution in [0.25, 0.3) is 0 Å². The normalized spacial score (nSPS) is 15.9. The molecule has 0 spiro atoms. The van der Waals surface area contributed by atoms with Gasteiger partial charge in [0.05, 0.1) is 22.9 Å². The summed E-state index contributed by atoms with van der Waals surface area (Å²) in [5, 5.41) is 27.2. The molecule has 3 aromatic carbocycles. The van der Waals surface area contributed by atoms with Crippen molar-refractivity contribution >= 4 is 40.3 Å². The molecule has 0 radical (unpaired) electrons. The number of aromatic carboxylic acids is 1. The number of aliphatic hydroxyl groups excluding tert-OH is 1. The predicted molar refractivity (Wildman–Crippen MR) is 155 cm³/mol. The number of carboxylic acids is 1. The number of nitrogens with one attached hydrogen (secondary N) is 2. The lowest BCUT2D eigenvalue weighted by atomic mass is 9.85. The van der Waals surface area contributed by atoms with Crippen LogP contribution in [0.3, 0.4) is 0 Å². The van der Waals surface area contributed by atoms with Crippen LogP contribution in [-0.2, 0) is 12.7 Å². The van der Waals surface area contributed by atoms with E-state index in [1.165, 1.54) is 12.1 Å². The van der Waals surface area contributed by atoms with Crippen molar-refractivity contribution in [3.63, 3.8) is 0 Å². The molecular formula is C30H27ClF3N3O6. The predicted octanol–water partition coefficient (Wildman–Crippen LogP) is 6.51. The fourth-order valence-corrected chi connectivity index (χ4v) is 5.43. The number of hydrogen-bond donors (Lipinski definition) is 4. The van der Waals surface area contributed by atoms with Gasteiger partial charge in [0.15, 0.2) is 6.23 Å². The Labute approximate surface area is 248 Å². The topological polar surface area (TPSA) is 132 Å². The zero-order valence-corrected chi connectivity index (χ0v) is 24.1. The Kier molecular flexibility index (Phi) is 7.34. The van der Waals surface area contributed by atoms with E-state index >= 15 is 0 Å². The molecule has 0 bridgehead atoms. The first-order chi connectivity index (χ1) is 20.0. The van der Waals surface area contributed by atoms with Crippen LogP contribution in [0, 0.1) is 12.3 Å².